The van der Waals surface area contributed by atoms with Crippen LogP contribution in [0.4, 0.5) is 4.39 Å². The number of likely N-dealkylation sites (tertiary alicyclic amines) is 2. The van der Waals surface area contributed by atoms with Crippen LogP contribution >= 0.6 is 0 Å². The average Bonchev–Trinajstić information content (AvgIpc) is 3.54. The number of halogens is 1. The summed E-state index contributed by atoms with van der Waals surface area (Å²) in [5.74, 6) is 0.735. The number of rotatable bonds is 6. The summed E-state index contributed by atoms with van der Waals surface area (Å²) in [7, 11) is 0. The summed E-state index contributed by atoms with van der Waals surface area (Å²) in [4.78, 5) is 4.89. The molecule has 5 rings (SSSR count). The maximum absolute atomic E-state index is 13.3. The average molecular weight is 457 g/mol. The third-order valence-electron chi connectivity index (χ3n) is 8.73. The molecular formula is C26H37FN4O2. The molecule has 1 aliphatic carbocycles. The lowest BCUT2D eigenvalue weighted by molar-refractivity contribution is -0.136. The minimum atomic E-state index is -0.884. The van der Waals surface area contributed by atoms with Crippen molar-refractivity contribution in [1.82, 2.24) is 19.6 Å². The number of phenolic OH excluding ortho intramolecular Hbond substituents is 1. The summed E-state index contributed by atoms with van der Waals surface area (Å²) < 4.78 is 15.0. The van der Waals surface area contributed by atoms with E-state index in [1.807, 2.05) is 12.1 Å². The molecule has 0 radical (unpaired) electrons. The van der Waals surface area contributed by atoms with Crippen LogP contribution in [0.1, 0.15) is 50.2 Å². The van der Waals surface area contributed by atoms with Crippen LogP contribution < -0.4 is 0 Å². The SMILES string of the molecule is Cc1ccc(O)cc1C12CCN(CCn3cc(F)cn3)CCC1(O)C(C)N(CC1CC1)CC2. The minimum Gasteiger partial charge on any atom is -0.508 e. The Bertz CT molecular complexity index is 992. The molecule has 2 aromatic rings. The fourth-order valence-corrected chi connectivity index (χ4v) is 6.46. The third-order valence-corrected chi connectivity index (χ3v) is 8.73. The minimum absolute atomic E-state index is 0.0498. The zero-order chi connectivity index (χ0) is 23.2. The largest absolute Gasteiger partial charge is 0.508 e. The molecule has 2 N–H and O–H groups in total. The molecule has 3 unspecified atom stereocenters. The van der Waals surface area contributed by atoms with Gasteiger partial charge in [-0.15, -0.1) is 0 Å². The number of benzene rings is 1. The van der Waals surface area contributed by atoms with Crippen molar-refractivity contribution in [2.24, 2.45) is 5.92 Å². The number of hydrogen-bond donors (Lipinski definition) is 2. The highest BCUT2D eigenvalue weighted by molar-refractivity contribution is 5.43. The first kappa shape index (κ1) is 22.8. The number of aliphatic hydroxyl groups is 1. The summed E-state index contributed by atoms with van der Waals surface area (Å²) in [5.41, 5.74) is 0.945. The van der Waals surface area contributed by atoms with Gasteiger partial charge >= 0.3 is 0 Å². The van der Waals surface area contributed by atoms with Gasteiger partial charge in [-0.05, 0) is 88.2 Å². The van der Waals surface area contributed by atoms with Crippen LogP contribution in [0.3, 0.4) is 0 Å². The highest BCUT2D eigenvalue weighted by Crippen LogP contribution is 2.53. The Labute approximate surface area is 196 Å². The molecule has 3 atom stereocenters. The van der Waals surface area contributed by atoms with Gasteiger partial charge in [-0.3, -0.25) is 9.58 Å². The smallest absolute Gasteiger partial charge is 0.161 e. The molecule has 0 spiro atoms. The summed E-state index contributed by atoms with van der Waals surface area (Å²) >= 11 is 0. The van der Waals surface area contributed by atoms with Crippen molar-refractivity contribution in [2.75, 3.05) is 32.7 Å². The van der Waals surface area contributed by atoms with E-state index in [1.165, 1.54) is 25.2 Å². The monoisotopic (exact) mass is 456 g/mol. The van der Waals surface area contributed by atoms with E-state index in [-0.39, 0.29) is 17.6 Å². The van der Waals surface area contributed by atoms with Gasteiger partial charge in [0.1, 0.15) is 5.75 Å². The third kappa shape index (κ3) is 4.19. The molecule has 3 aliphatic rings. The van der Waals surface area contributed by atoms with E-state index >= 15 is 0 Å². The highest BCUT2D eigenvalue weighted by Gasteiger charge is 2.59. The zero-order valence-corrected chi connectivity index (χ0v) is 19.9. The van der Waals surface area contributed by atoms with Crippen molar-refractivity contribution in [1.29, 1.82) is 0 Å². The predicted molar refractivity (Wildman–Crippen MR) is 126 cm³/mol. The molecule has 2 saturated heterocycles. The summed E-state index contributed by atoms with van der Waals surface area (Å²) in [6.45, 7) is 9.40. The summed E-state index contributed by atoms with van der Waals surface area (Å²) in [6, 6.07) is 5.67. The van der Waals surface area contributed by atoms with E-state index in [2.05, 4.69) is 28.7 Å². The summed E-state index contributed by atoms with van der Waals surface area (Å²) in [6.07, 6.45) is 7.69. The maximum Gasteiger partial charge on any atom is 0.161 e. The first-order valence-electron chi connectivity index (χ1n) is 12.5. The first-order valence-corrected chi connectivity index (χ1v) is 12.5. The Kier molecular flexibility index (Phi) is 6.00. The van der Waals surface area contributed by atoms with Gasteiger partial charge in [0, 0.05) is 31.1 Å². The van der Waals surface area contributed by atoms with Gasteiger partial charge in [-0.1, -0.05) is 6.07 Å². The van der Waals surface area contributed by atoms with Crippen LogP contribution in [0.2, 0.25) is 0 Å². The number of nitrogens with zero attached hydrogens (tertiary/aromatic N) is 4. The molecule has 1 aromatic carbocycles. The molecule has 0 bridgehead atoms. The maximum atomic E-state index is 13.3. The molecular weight excluding hydrogens is 419 g/mol. The van der Waals surface area contributed by atoms with Crippen molar-refractivity contribution in [2.45, 2.75) is 69.6 Å². The van der Waals surface area contributed by atoms with Crippen molar-refractivity contribution < 1.29 is 14.6 Å². The lowest BCUT2D eigenvalue weighted by Crippen LogP contribution is -2.68. The topological polar surface area (TPSA) is 64.8 Å². The number of fused-ring (bicyclic) bond motifs is 1. The fourth-order valence-electron chi connectivity index (χ4n) is 6.46. The van der Waals surface area contributed by atoms with Crippen LogP contribution in [0.25, 0.3) is 0 Å². The van der Waals surface area contributed by atoms with E-state index in [9.17, 15) is 14.6 Å². The molecule has 180 valence electrons. The Morgan fingerprint density at radius 1 is 1.12 bits per heavy atom. The lowest BCUT2D eigenvalue weighted by Gasteiger charge is -2.58. The van der Waals surface area contributed by atoms with Crippen LogP contribution in [0, 0.1) is 18.7 Å². The Morgan fingerprint density at radius 2 is 1.88 bits per heavy atom. The number of phenols is 1. The van der Waals surface area contributed by atoms with Gasteiger partial charge in [0.25, 0.3) is 0 Å². The predicted octanol–water partition coefficient (Wildman–Crippen LogP) is 3.31. The second-order valence-electron chi connectivity index (χ2n) is 10.6. The van der Waals surface area contributed by atoms with Crippen molar-refractivity contribution in [3.05, 3.63) is 47.5 Å². The normalized spacial score (nSPS) is 31.3. The quantitative estimate of drug-likeness (QED) is 0.698. The second kappa shape index (κ2) is 8.67. The molecule has 1 saturated carbocycles. The number of aromatic hydroxyl groups is 1. The van der Waals surface area contributed by atoms with E-state index in [4.69, 9.17) is 0 Å². The Balaban J connectivity index is 1.45. The number of hydrogen-bond acceptors (Lipinski definition) is 5. The van der Waals surface area contributed by atoms with Gasteiger partial charge in [0.2, 0.25) is 0 Å². The van der Waals surface area contributed by atoms with Crippen molar-refractivity contribution in [3.8, 4) is 5.75 Å². The van der Waals surface area contributed by atoms with Gasteiger partial charge < -0.3 is 15.1 Å². The molecule has 0 amide bonds. The second-order valence-corrected chi connectivity index (χ2v) is 10.6. The Hall–Kier alpha value is -1.96. The molecule has 3 heterocycles. The van der Waals surface area contributed by atoms with Crippen molar-refractivity contribution in [3.63, 3.8) is 0 Å². The number of piperidine rings is 1. The zero-order valence-electron chi connectivity index (χ0n) is 19.9. The summed E-state index contributed by atoms with van der Waals surface area (Å²) in [5, 5.41) is 27.0. The van der Waals surface area contributed by atoms with Gasteiger partial charge in [0.15, 0.2) is 5.82 Å². The Morgan fingerprint density at radius 3 is 2.61 bits per heavy atom. The van der Waals surface area contributed by atoms with Gasteiger partial charge in [-0.25, -0.2) is 4.39 Å². The molecule has 33 heavy (non-hydrogen) atoms. The van der Waals surface area contributed by atoms with E-state index in [1.54, 1.807) is 10.7 Å². The standard InChI is InChI=1S/C26H37FN4O2/c1-19-3-6-23(32)15-24(19)25-7-10-29(13-14-31-18-22(27)16-28-31)11-9-26(25,33)20(2)30(12-8-25)17-21-4-5-21/h3,6,15-16,18,20-21,32-33H,4-5,7-14,17H2,1-2H3. The molecule has 3 fully saturated rings. The number of aryl methyl sites for hydroxylation is 1. The molecule has 1 aromatic heterocycles. The molecule has 2 aliphatic heterocycles. The van der Waals surface area contributed by atoms with Gasteiger partial charge in [0.05, 0.1) is 24.5 Å². The van der Waals surface area contributed by atoms with Crippen LogP contribution in [0.15, 0.2) is 30.6 Å². The first-order chi connectivity index (χ1) is 15.8. The lowest BCUT2D eigenvalue weighted by atomic mass is 9.57. The number of aromatic nitrogens is 2. The van der Waals surface area contributed by atoms with Gasteiger partial charge in [-0.2, -0.15) is 5.10 Å². The van der Waals surface area contributed by atoms with Crippen LogP contribution in [-0.2, 0) is 12.0 Å². The van der Waals surface area contributed by atoms with E-state index in [0.717, 1.165) is 62.6 Å². The molecule has 6 nitrogen and oxygen atoms in total. The van der Waals surface area contributed by atoms with E-state index in [0.29, 0.717) is 13.0 Å². The fraction of sp³-hybridized carbons (Fsp3) is 0.654. The highest BCUT2D eigenvalue weighted by atomic mass is 19.1. The van der Waals surface area contributed by atoms with Crippen molar-refractivity contribution >= 4 is 0 Å². The van der Waals surface area contributed by atoms with Crippen LogP contribution in [-0.4, -0.2) is 74.2 Å². The van der Waals surface area contributed by atoms with E-state index < -0.39 is 11.0 Å². The van der Waals surface area contributed by atoms with Crippen LogP contribution in [0.5, 0.6) is 5.75 Å². The molecule has 7 heteroatoms.